The second-order valence-electron chi connectivity index (χ2n) is 4.59. The third-order valence-electron chi connectivity index (χ3n) is 3.16. The van der Waals surface area contributed by atoms with Crippen molar-refractivity contribution in [1.29, 1.82) is 0 Å². The molecule has 0 bridgehead atoms. The van der Waals surface area contributed by atoms with E-state index in [4.69, 9.17) is 23.1 Å². The first kappa shape index (κ1) is 18.0. The van der Waals surface area contributed by atoms with E-state index in [9.17, 15) is 4.79 Å². The number of benzene rings is 2. The molecular formula is C16H16NNaO2S. The van der Waals surface area contributed by atoms with Gasteiger partial charge in [-0.25, -0.2) is 0 Å². The van der Waals surface area contributed by atoms with Crippen LogP contribution in [0.2, 0.25) is 0 Å². The molecule has 0 aliphatic carbocycles. The Balaban J connectivity index is 0.00000220. The molecule has 5 heteroatoms. The summed E-state index contributed by atoms with van der Waals surface area (Å²) in [6.45, 7) is 1.99. The van der Waals surface area contributed by atoms with Crippen molar-refractivity contribution >= 4 is 52.6 Å². The van der Waals surface area contributed by atoms with Gasteiger partial charge in [-0.05, 0) is 35.2 Å². The molecule has 21 heavy (non-hydrogen) atoms. The van der Waals surface area contributed by atoms with Gasteiger partial charge in [-0.15, -0.1) is 0 Å². The fraction of sp³-hybridized carbons (Fsp3) is 0.125. The van der Waals surface area contributed by atoms with Crippen LogP contribution in [0.15, 0.2) is 48.5 Å². The van der Waals surface area contributed by atoms with Crippen molar-refractivity contribution in [2.45, 2.75) is 13.0 Å². The quantitative estimate of drug-likeness (QED) is 0.516. The van der Waals surface area contributed by atoms with Gasteiger partial charge in [0.1, 0.15) is 6.04 Å². The molecule has 0 aliphatic rings. The molecule has 2 rings (SSSR count). The number of aliphatic carboxylic acids is 1. The summed E-state index contributed by atoms with van der Waals surface area (Å²) in [5.41, 5.74) is 9.05. The molecule has 0 heterocycles. The van der Waals surface area contributed by atoms with Gasteiger partial charge in [0.05, 0.1) is 4.86 Å². The minimum atomic E-state index is -1.05. The standard InChI is InChI=1S/C16H15NO2S.Na.H/c1-10-5-2-3-8-13(10)15(20)12-7-4-6-11(9-12)14(17)16(18)19;;/h2-9,14H,17H2,1H3,(H,18,19);;. The third kappa shape index (κ3) is 4.22. The Morgan fingerprint density at radius 2 is 1.86 bits per heavy atom. The number of carboxylic acids is 1. The van der Waals surface area contributed by atoms with E-state index in [1.165, 1.54) is 0 Å². The second-order valence-corrected chi connectivity index (χ2v) is 4.99. The Kier molecular flexibility index (Phi) is 6.71. The summed E-state index contributed by atoms with van der Waals surface area (Å²) in [7, 11) is 0. The molecule has 0 saturated heterocycles. The minimum absolute atomic E-state index is 0. The fourth-order valence-electron chi connectivity index (χ4n) is 2.00. The predicted molar refractivity (Wildman–Crippen MR) is 90.1 cm³/mol. The Morgan fingerprint density at radius 1 is 1.19 bits per heavy atom. The topological polar surface area (TPSA) is 63.3 Å². The van der Waals surface area contributed by atoms with E-state index in [1.54, 1.807) is 18.2 Å². The van der Waals surface area contributed by atoms with Crippen molar-refractivity contribution in [3.63, 3.8) is 0 Å². The summed E-state index contributed by atoms with van der Waals surface area (Å²) in [4.78, 5) is 11.6. The summed E-state index contributed by atoms with van der Waals surface area (Å²) in [5, 5.41) is 8.97. The average Bonchev–Trinajstić information content (AvgIpc) is 2.46. The Morgan fingerprint density at radius 3 is 2.48 bits per heavy atom. The van der Waals surface area contributed by atoms with Crippen LogP contribution in [-0.4, -0.2) is 45.5 Å². The first-order chi connectivity index (χ1) is 9.50. The Labute approximate surface area is 151 Å². The Hall–Kier alpha value is -1.04. The average molecular weight is 309 g/mol. The molecule has 0 saturated carbocycles. The zero-order valence-electron chi connectivity index (χ0n) is 11.0. The molecule has 0 spiro atoms. The van der Waals surface area contributed by atoms with Gasteiger partial charge >= 0.3 is 35.5 Å². The molecule has 2 aromatic carbocycles. The van der Waals surface area contributed by atoms with E-state index in [0.717, 1.165) is 16.7 Å². The third-order valence-corrected chi connectivity index (χ3v) is 3.62. The molecule has 0 aromatic heterocycles. The van der Waals surface area contributed by atoms with Gasteiger partial charge in [0.2, 0.25) is 0 Å². The predicted octanol–water partition coefficient (Wildman–Crippen LogP) is 2.20. The van der Waals surface area contributed by atoms with Crippen LogP contribution in [0, 0.1) is 6.92 Å². The maximum atomic E-state index is 10.9. The van der Waals surface area contributed by atoms with Crippen molar-refractivity contribution in [3.8, 4) is 0 Å². The number of carbonyl (C=O) groups is 1. The van der Waals surface area contributed by atoms with E-state index in [0.29, 0.717) is 10.4 Å². The summed E-state index contributed by atoms with van der Waals surface area (Å²) in [6.07, 6.45) is 0. The number of aryl methyl sites for hydroxylation is 1. The monoisotopic (exact) mass is 309 g/mol. The molecular weight excluding hydrogens is 293 g/mol. The molecule has 0 amide bonds. The zero-order chi connectivity index (χ0) is 14.7. The summed E-state index contributed by atoms with van der Waals surface area (Å²) >= 11 is 5.50. The van der Waals surface area contributed by atoms with Gasteiger partial charge in [0, 0.05) is 0 Å². The number of hydrogen-bond donors (Lipinski definition) is 2. The van der Waals surface area contributed by atoms with E-state index >= 15 is 0 Å². The molecule has 1 unspecified atom stereocenters. The van der Waals surface area contributed by atoms with Crippen LogP contribution < -0.4 is 5.73 Å². The summed E-state index contributed by atoms with van der Waals surface area (Å²) < 4.78 is 0. The molecule has 1 atom stereocenters. The molecule has 0 radical (unpaired) electrons. The number of hydrogen-bond acceptors (Lipinski definition) is 3. The van der Waals surface area contributed by atoms with E-state index in [2.05, 4.69) is 0 Å². The molecule has 0 fully saturated rings. The first-order valence-corrected chi connectivity index (χ1v) is 6.60. The van der Waals surface area contributed by atoms with Gasteiger partial charge in [0.15, 0.2) is 0 Å². The van der Waals surface area contributed by atoms with Gasteiger partial charge in [0.25, 0.3) is 0 Å². The van der Waals surface area contributed by atoms with Gasteiger partial charge in [-0.2, -0.15) is 0 Å². The van der Waals surface area contributed by atoms with Crippen molar-refractivity contribution < 1.29 is 9.90 Å². The van der Waals surface area contributed by atoms with Gasteiger partial charge in [-0.1, -0.05) is 54.7 Å². The number of thiocarbonyl (C=S) groups is 1. The Bertz CT molecular complexity index is 673. The van der Waals surface area contributed by atoms with Crippen LogP contribution in [0.3, 0.4) is 0 Å². The second kappa shape index (κ2) is 7.82. The van der Waals surface area contributed by atoms with Crippen LogP contribution in [0.4, 0.5) is 0 Å². The van der Waals surface area contributed by atoms with Crippen molar-refractivity contribution in [2.24, 2.45) is 5.73 Å². The molecule has 3 N–H and O–H groups in total. The maximum absolute atomic E-state index is 10.9. The number of carboxylic acid groups (broad SMARTS) is 1. The van der Waals surface area contributed by atoms with Crippen LogP contribution >= 0.6 is 12.2 Å². The zero-order valence-corrected chi connectivity index (χ0v) is 11.9. The molecule has 3 nitrogen and oxygen atoms in total. The SMILES string of the molecule is Cc1ccccc1C(=S)c1cccc(C(N)C(=O)O)c1.[NaH]. The first-order valence-electron chi connectivity index (χ1n) is 6.19. The fourth-order valence-corrected chi connectivity index (χ4v) is 2.36. The van der Waals surface area contributed by atoms with Crippen molar-refractivity contribution in [2.75, 3.05) is 0 Å². The normalized spacial score (nSPS) is 11.3. The molecule has 104 valence electrons. The van der Waals surface area contributed by atoms with Crippen LogP contribution in [0.5, 0.6) is 0 Å². The molecule has 2 aromatic rings. The van der Waals surface area contributed by atoms with E-state index in [1.807, 2.05) is 37.3 Å². The van der Waals surface area contributed by atoms with Crippen molar-refractivity contribution in [1.82, 2.24) is 0 Å². The van der Waals surface area contributed by atoms with E-state index in [-0.39, 0.29) is 29.6 Å². The number of nitrogens with two attached hydrogens (primary N) is 1. The summed E-state index contributed by atoms with van der Waals surface area (Å²) in [5.74, 6) is -1.05. The van der Waals surface area contributed by atoms with E-state index < -0.39 is 12.0 Å². The summed E-state index contributed by atoms with van der Waals surface area (Å²) in [6, 6.07) is 13.9. The van der Waals surface area contributed by atoms with Gasteiger partial charge < -0.3 is 10.8 Å². The van der Waals surface area contributed by atoms with Crippen molar-refractivity contribution in [3.05, 3.63) is 70.8 Å². The number of rotatable bonds is 4. The van der Waals surface area contributed by atoms with Crippen LogP contribution in [0.1, 0.15) is 28.3 Å². The van der Waals surface area contributed by atoms with Crippen LogP contribution in [0.25, 0.3) is 0 Å². The van der Waals surface area contributed by atoms with Gasteiger partial charge in [-0.3, -0.25) is 4.79 Å². The molecule has 0 aliphatic heterocycles. The van der Waals surface area contributed by atoms with Crippen LogP contribution in [-0.2, 0) is 4.79 Å².